The minimum atomic E-state index is 0.0739. The van der Waals surface area contributed by atoms with Crippen molar-refractivity contribution in [3.05, 3.63) is 53.6 Å². The van der Waals surface area contributed by atoms with Crippen LogP contribution < -0.4 is 10.1 Å². The second-order valence-corrected chi connectivity index (χ2v) is 8.18. The zero-order valence-corrected chi connectivity index (χ0v) is 17.5. The first-order valence-corrected chi connectivity index (χ1v) is 10.8. The van der Waals surface area contributed by atoms with Gasteiger partial charge in [0.25, 0.3) is 5.91 Å². The Morgan fingerprint density at radius 3 is 2.79 bits per heavy atom. The Kier molecular flexibility index (Phi) is 6.36. The van der Waals surface area contributed by atoms with E-state index in [4.69, 9.17) is 4.74 Å². The summed E-state index contributed by atoms with van der Waals surface area (Å²) >= 11 is 1.23. The molecule has 2 heterocycles. The van der Waals surface area contributed by atoms with Gasteiger partial charge in [0.05, 0.1) is 11.7 Å². The van der Waals surface area contributed by atoms with Gasteiger partial charge in [-0.15, -0.1) is 0 Å². The van der Waals surface area contributed by atoms with Gasteiger partial charge in [-0.1, -0.05) is 31.2 Å². The summed E-state index contributed by atoms with van der Waals surface area (Å²) in [5, 5.41) is 3.45. The summed E-state index contributed by atoms with van der Waals surface area (Å²) in [4.78, 5) is 14.4. The molecule has 0 unspecified atom stereocenters. The quantitative estimate of drug-likeness (QED) is 0.644. The van der Waals surface area contributed by atoms with Crippen molar-refractivity contribution in [2.75, 3.05) is 19.7 Å². The SMILES string of the molecule is CC1CCN(C(=O)COc2ccccc2CNCc2ccc3nsnc3c2)CC1. The molecule has 0 radical (unpaired) electrons. The second kappa shape index (κ2) is 9.33. The Morgan fingerprint density at radius 1 is 1.14 bits per heavy atom. The van der Waals surface area contributed by atoms with Gasteiger partial charge in [-0.25, -0.2) is 0 Å². The molecule has 1 aromatic heterocycles. The fourth-order valence-electron chi connectivity index (χ4n) is 3.56. The number of amides is 1. The summed E-state index contributed by atoms with van der Waals surface area (Å²) in [5.41, 5.74) is 4.08. The topological polar surface area (TPSA) is 67.3 Å². The molecule has 0 spiro atoms. The zero-order chi connectivity index (χ0) is 20.1. The van der Waals surface area contributed by atoms with Crippen LogP contribution in [-0.4, -0.2) is 39.3 Å². The van der Waals surface area contributed by atoms with E-state index in [1.807, 2.05) is 35.2 Å². The van der Waals surface area contributed by atoms with Crippen LogP contribution >= 0.6 is 11.7 Å². The van der Waals surface area contributed by atoms with Gasteiger partial charge in [0, 0.05) is 31.7 Å². The third-order valence-electron chi connectivity index (χ3n) is 5.42. The number of benzene rings is 2. The Bertz CT molecular complexity index is 966. The number of likely N-dealkylation sites (tertiary alicyclic amines) is 1. The molecule has 29 heavy (non-hydrogen) atoms. The number of aromatic nitrogens is 2. The summed E-state index contributed by atoms with van der Waals surface area (Å²) in [6, 6.07) is 14.0. The molecular formula is C22H26N4O2S. The molecule has 0 bridgehead atoms. The normalized spacial score (nSPS) is 15.0. The molecule has 152 valence electrons. The Balaban J connectivity index is 1.30. The molecule has 6 nitrogen and oxygen atoms in total. The Hall–Kier alpha value is -2.51. The first kappa shape index (κ1) is 19.8. The van der Waals surface area contributed by atoms with Gasteiger partial charge in [0.1, 0.15) is 16.8 Å². The molecule has 1 amide bonds. The van der Waals surface area contributed by atoms with E-state index in [1.165, 1.54) is 11.7 Å². The van der Waals surface area contributed by atoms with Crippen LogP contribution in [0, 0.1) is 5.92 Å². The number of carbonyl (C=O) groups excluding carboxylic acids is 1. The zero-order valence-electron chi connectivity index (χ0n) is 16.6. The van der Waals surface area contributed by atoms with Crippen LogP contribution in [0.5, 0.6) is 5.75 Å². The predicted molar refractivity (Wildman–Crippen MR) is 115 cm³/mol. The number of para-hydroxylation sites is 1. The molecule has 1 saturated heterocycles. The first-order chi connectivity index (χ1) is 14.2. The highest BCUT2D eigenvalue weighted by Crippen LogP contribution is 2.20. The van der Waals surface area contributed by atoms with Crippen LogP contribution in [0.25, 0.3) is 11.0 Å². The highest BCUT2D eigenvalue weighted by Gasteiger charge is 2.20. The monoisotopic (exact) mass is 410 g/mol. The second-order valence-electron chi connectivity index (χ2n) is 7.65. The molecular weight excluding hydrogens is 384 g/mol. The Labute approximate surface area is 175 Å². The van der Waals surface area contributed by atoms with E-state index in [0.717, 1.165) is 60.4 Å². The number of ether oxygens (including phenoxy) is 1. The number of carbonyl (C=O) groups is 1. The highest BCUT2D eigenvalue weighted by molar-refractivity contribution is 7.00. The number of nitrogens with one attached hydrogen (secondary N) is 1. The van der Waals surface area contributed by atoms with Crippen LogP contribution in [-0.2, 0) is 17.9 Å². The third kappa shape index (κ3) is 5.10. The molecule has 1 fully saturated rings. The lowest BCUT2D eigenvalue weighted by Gasteiger charge is -2.30. The summed E-state index contributed by atoms with van der Waals surface area (Å²) < 4.78 is 14.4. The van der Waals surface area contributed by atoms with E-state index in [0.29, 0.717) is 12.5 Å². The minimum absolute atomic E-state index is 0.0739. The molecule has 1 N–H and O–H groups in total. The summed E-state index contributed by atoms with van der Waals surface area (Å²) in [6.07, 6.45) is 2.16. The molecule has 0 aliphatic carbocycles. The number of fused-ring (bicyclic) bond motifs is 1. The van der Waals surface area contributed by atoms with E-state index in [9.17, 15) is 4.79 Å². The average Bonchev–Trinajstić information content (AvgIpc) is 3.21. The summed E-state index contributed by atoms with van der Waals surface area (Å²) in [7, 11) is 0. The van der Waals surface area contributed by atoms with Crippen molar-refractivity contribution < 1.29 is 9.53 Å². The van der Waals surface area contributed by atoms with E-state index < -0.39 is 0 Å². The van der Waals surface area contributed by atoms with Crippen LogP contribution in [0.3, 0.4) is 0 Å². The Morgan fingerprint density at radius 2 is 1.93 bits per heavy atom. The van der Waals surface area contributed by atoms with Crippen molar-refractivity contribution >= 4 is 28.7 Å². The van der Waals surface area contributed by atoms with E-state index in [2.05, 4.69) is 33.1 Å². The standard InChI is InChI=1S/C22H26N4O2S/c1-16-8-10-26(11-9-16)22(27)15-28-21-5-3-2-4-18(21)14-23-13-17-6-7-19-20(12-17)25-29-24-19/h2-7,12,16,23H,8-11,13-15H2,1H3. The molecule has 1 aliphatic rings. The van der Waals surface area contributed by atoms with E-state index in [-0.39, 0.29) is 12.5 Å². The maximum Gasteiger partial charge on any atom is 0.260 e. The lowest BCUT2D eigenvalue weighted by molar-refractivity contribution is -0.134. The fraction of sp³-hybridized carbons (Fsp3) is 0.409. The number of hydrogen-bond donors (Lipinski definition) is 1. The van der Waals surface area contributed by atoms with Crippen LogP contribution in [0.2, 0.25) is 0 Å². The van der Waals surface area contributed by atoms with Gasteiger partial charge in [0.2, 0.25) is 0 Å². The molecule has 0 saturated carbocycles. The summed E-state index contributed by atoms with van der Waals surface area (Å²) in [6.45, 7) is 5.41. The highest BCUT2D eigenvalue weighted by atomic mass is 32.1. The molecule has 0 atom stereocenters. The van der Waals surface area contributed by atoms with Crippen LogP contribution in [0.1, 0.15) is 30.9 Å². The van der Waals surface area contributed by atoms with Crippen molar-refractivity contribution in [3.63, 3.8) is 0 Å². The van der Waals surface area contributed by atoms with Gasteiger partial charge >= 0.3 is 0 Å². The fourth-order valence-corrected chi connectivity index (χ4v) is 4.08. The smallest absolute Gasteiger partial charge is 0.260 e. The van der Waals surface area contributed by atoms with Crippen molar-refractivity contribution in [2.24, 2.45) is 5.92 Å². The number of nitrogens with zero attached hydrogens (tertiary/aromatic N) is 3. The summed E-state index contributed by atoms with van der Waals surface area (Å²) in [5.74, 6) is 1.54. The third-order valence-corrected chi connectivity index (χ3v) is 5.98. The number of rotatable bonds is 7. The lowest BCUT2D eigenvalue weighted by atomic mass is 9.99. The van der Waals surface area contributed by atoms with E-state index >= 15 is 0 Å². The molecule has 1 aliphatic heterocycles. The van der Waals surface area contributed by atoms with Crippen molar-refractivity contribution in [1.82, 2.24) is 19.0 Å². The number of piperidine rings is 1. The maximum atomic E-state index is 12.4. The van der Waals surface area contributed by atoms with Crippen molar-refractivity contribution in [2.45, 2.75) is 32.9 Å². The largest absolute Gasteiger partial charge is 0.483 e. The number of hydrogen-bond acceptors (Lipinski definition) is 6. The molecule has 4 rings (SSSR count). The van der Waals surface area contributed by atoms with Gasteiger partial charge in [0.15, 0.2) is 6.61 Å². The average molecular weight is 411 g/mol. The van der Waals surface area contributed by atoms with Gasteiger partial charge < -0.3 is 15.0 Å². The molecule has 2 aromatic carbocycles. The molecule has 3 aromatic rings. The van der Waals surface area contributed by atoms with Gasteiger partial charge in [-0.3, -0.25) is 4.79 Å². The van der Waals surface area contributed by atoms with Crippen LogP contribution in [0.4, 0.5) is 0 Å². The van der Waals surface area contributed by atoms with Crippen molar-refractivity contribution in [3.8, 4) is 5.75 Å². The predicted octanol–water partition coefficient (Wildman–Crippen LogP) is 3.62. The lowest BCUT2D eigenvalue weighted by Crippen LogP contribution is -2.40. The minimum Gasteiger partial charge on any atom is -0.483 e. The maximum absolute atomic E-state index is 12.4. The van der Waals surface area contributed by atoms with Crippen molar-refractivity contribution in [1.29, 1.82) is 0 Å². The van der Waals surface area contributed by atoms with Gasteiger partial charge in [-0.2, -0.15) is 8.75 Å². The molecule has 7 heteroatoms. The van der Waals surface area contributed by atoms with Crippen LogP contribution in [0.15, 0.2) is 42.5 Å². The van der Waals surface area contributed by atoms with E-state index in [1.54, 1.807) is 0 Å². The van der Waals surface area contributed by atoms with Gasteiger partial charge in [-0.05, 0) is 42.5 Å². The first-order valence-electron chi connectivity index (χ1n) is 10.1.